The van der Waals surface area contributed by atoms with Crippen molar-refractivity contribution in [3.63, 3.8) is 0 Å². The molecule has 0 bridgehead atoms. The number of carbonyl (C=O) groups is 1. The van der Waals surface area contributed by atoms with Crippen molar-refractivity contribution in [3.05, 3.63) is 74.6 Å². The molecule has 152 valence electrons. The van der Waals surface area contributed by atoms with Crippen LogP contribution < -0.4 is 15.7 Å². The second-order valence-electron chi connectivity index (χ2n) is 6.31. The van der Waals surface area contributed by atoms with E-state index in [4.69, 9.17) is 27.9 Å². The maximum atomic E-state index is 12.9. The lowest BCUT2D eigenvalue weighted by atomic mass is 10.1. The molecular weight excluding hydrogens is 429 g/mol. The van der Waals surface area contributed by atoms with E-state index >= 15 is 0 Å². The minimum Gasteiger partial charge on any atom is -0.492 e. The molecular formula is C20H15Cl2N5O3. The Morgan fingerprint density at radius 3 is 2.63 bits per heavy atom. The van der Waals surface area contributed by atoms with Gasteiger partial charge >= 0.3 is 5.69 Å². The first-order valence-electron chi connectivity index (χ1n) is 8.94. The maximum absolute atomic E-state index is 12.9. The second-order valence-corrected chi connectivity index (χ2v) is 7.16. The van der Waals surface area contributed by atoms with Crippen molar-refractivity contribution < 1.29 is 9.53 Å². The van der Waals surface area contributed by atoms with Crippen LogP contribution in [0, 0.1) is 0 Å². The summed E-state index contributed by atoms with van der Waals surface area (Å²) < 4.78 is 6.51. The van der Waals surface area contributed by atoms with E-state index in [1.165, 1.54) is 6.07 Å². The molecule has 30 heavy (non-hydrogen) atoms. The number of rotatable bonds is 5. The van der Waals surface area contributed by atoms with Gasteiger partial charge in [-0.25, -0.2) is 9.89 Å². The van der Waals surface area contributed by atoms with Gasteiger partial charge in [-0.1, -0.05) is 35.3 Å². The first-order valence-corrected chi connectivity index (χ1v) is 9.69. The highest BCUT2D eigenvalue weighted by atomic mass is 35.5. The number of nitrogens with one attached hydrogen (secondary N) is 2. The number of ether oxygens (including phenoxy) is 1. The third kappa shape index (κ3) is 3.87. The number of carbonyl (C=O) groups excluding carboxylic acids is 1. The molecule has 2 N–H and O–H groups in total. The number of tetrazole rings is 1. The standard InChI is InChI=1S/C20H15Cl2N5O3/c1-2-30-18-10-16(17(9-15(18)22)27-20(29)24-25-26-27)23-19(28)13-4-3-12-8-14(21)6-5-11(12)7-13/h3-10H,2H2,1H3,(H,23,28)(H,24,26,29). The lowest BCUT2D eigenvalue weighted by molar-refractivity contribution is 0.102. The van der Waals surface area contributed by atoms with Crippen LogP contribution in [-0.2, 0) is 0 Å². The van der Waals surface area contributed by atoms with Gasteiger partial charge in [-0.15, -0.1) is 0 Å². The first kappa shape index (κ1) is 19.9. The highest BCUT2D eigenvalue weighted by Crippen LogP contribution is 2.33. The summed E-state index contributed by atoms with van der Waals surface area (Å²) >= 11 is 12.3. The Labute approximate surface area is 180 Å². The molecule has 3 aromatic carbocycles. The van der Waals surface area contributed by atoms with Gasteiger partial charge in [0.15, 0.2) is 0 Å². The second kappa shape index (κ2) is 8.17. The average molecular weight is 444 g/mol. The van der Waals surface area contributed by atoms with E-state index in [0.717, 1.165) is 15.5 Å². The van der Waals surface area contributed by atoms with Crippen LogP contribution in [0.3, 0.4) is 0 Å². The predicted molar refractivity (Wildman–Crippen MR) is 115 cm³/mol. The Morgan fingerprint density at radius 1 is 1.13 bits per heavy atom. The van der Waals surface area contributed by atoms with Crippen LogP contribution >= 0.6 is 23.2 Å². The molecule has 0 saturated carbocycles. The fourth-order valence-corrected chi connectivity index (χ4v) is 3.39. The largest absolute Gasteiger partial charge is 0.492 e. The zero-order chi connectivity index (χ0) is 21.3. The Kier molecular flexibility index (Phi) is 5.43. The summed E-state index contributed by atoms with van der Waals surface area (Å²) in [6.07, 6.45) is 0. The molecule has 0 spiro atoms. The van der Waals surface area contributed by atoms with Crippen LogP contribution in [0.4, 0.5) is 5.69 Å². The Morgan fingerprint density at radius 2 is 1.90 bits per heavy atom. The van der Waals surface area contributed by atoms with Gasteiger partial charge in [0.25, 0.3) is 5.91 Å². The molecule has 4 rings (SSSR count). The quantitative estimate of drug-likeness (QED) is 0.483. The van der Waals surface area contributed by atoms with Crippen molar-refractivity contribution in [1.82, 2.24) is 20.2 Å². The van der Waals surface area contributed by atoms with Crippen molar-refractivity contribution in [1.29, 1.82) is 0 Å². The first-order chi connectivity index (χ1) is 14.5. The summed E-state index contributed by atoms with van der Waals surface area (Å²) in [5.74, 6) is -0.0164. The SMILES string of the molecule is CCOc1cc(NC(=O)c2ccc3cc(Cl)ccc3c2)c(-n2nn[nH]c2=O)cc1Cl. The number of H-pyrrole nitrogens is 1. The number of benzene rings is 3. The average Bonchev–Trinajstić information content (AvgIpc) is 3.15. The number of amides is 1. The van der Waals surface area contributed by atoms with Crippen molar-refractivity contribution in [2.24, 2.45) is 0 Å². The molecule has 8 nitrogen and oxygen atoms in total. The maximum Gasteiger partial charge on any atom is 0.365 e. The van der Waals surface area contributed by atoms with Crippen molar-refractivity contribution in [2.45, 2.75) is 6.92 Å². The third-order valence-electron chi connectivity index (χ3n) is 4.36. The van der Waals surface area contributed by atoms with Gasteiger partial charge in [0, 0.05) is 16.7 Å². The van der Waals surface area contributed by atoms with Gasteiger partial charge in [0.1, 0.15) is 5.75 Å². The van der Waals surface area contributed by atoms with E-state index in [0.29, 0.717) is 28.6 Å². The monoisotopic (exact) mass is 443 g/mol. The molecule has 0 aliphatic heterocycles. The molecule has 0 aliphatic carbocycles. The number of halogens is 2. The van der Waals surface area contributed by atoms with E-state index in [1.807, 2.05) is 25.1 Å². The van der Waals surface area contributed by atoms with Gasteiger partial charge in [-0.05, 0) is 58.5 Å². The fourth-order valence-electron chi connectivity index (χ4n) is 2.99. The highest BCUT2D eigenvalue weighted by Gasteiger charge is 2.17. The Balaban J connectivity index is 1.75. The number of hydrogen-bond donors (Lipinski definition) is 2. The van der Waals surface area contributed by atoms with E-state index < -0.39 is 5.69 Å². The fraction of sp³-hybridized carbons (Fsp3) is 0.100. The Bertz CT molecular complexity index is 1320. The zero-order valence-electron chi connectivity index (χ0n) is 15.6. The molecule has 0 unspecified atom stereocenters. The van der Waals surface area contributed by atoms with Gasteiger partial charge in [0.05, 0.1) is 23.0 Å². The minimum absolute atomic E-state index is 0.253. The summed E-state index contributed by atoms with van der Waals surface area (Å²) in [4.78, 5) is 25.0. The lowest BCUT2D eigenvalue weighted by Gasteiger charge is -2.14. The van der Waals surface area contributed by atoms with Crippen LogP contribution in [0.2, 0.25) is 10.0 Å². The van der Waals surface area contributed by atoms with Crippen LogP contribution in [0.1, 0.15) is 17.3 Å². The van der Waals surface area contributed by atoms with Crippen LogP contribution in [0.25, 0.3) is 16.5 Å². The van der Waals surface area contributed by atoms with Gasteiger partial charge in [0.2, 0.25) is 0 Å². The summed E-state index contributed by atoms with van der Waals surface area (Å²) in [6.45, 7) is 2.19. The van der Waals surface area contributed by atoms with Crippen molar-refractivity contribution in [2.75, 3.05) is 11.9 Å². The van der Waals surface area contributed by atoms with Gasteiger partial charge in [-0.2, -0.15) is 4.68 Å². The molecule has 0 fully saturated rings. The normalized spacial score (nSPS) is 10.9. The molecule has 0 radical (unpaired) electrons. The molecule has 1 aromatic heterocycles. The molecule has 1 heterocycles. The summed E-state index contributed by atoms with van der Waals surface area (Å²) in [5, 5.41) is 14.9. The van der Waals surface area contributed by atoms with Crippen molar-refractivity contribution in [3.8, 4) is 11.4 Å². The van der Waals surface area contributed by atoms with E-state index in [2.05, 4.69) is 20.8 Å². The molecule has 0 saturated heterocycles. The summed E-state index contributed by atoms with van der Waals surface area (Å²) in [6, 6.07) is 13.7. The van der Waals surface area contributed by atoms with Gasteiger partial charge < -0.3 is 10.1 Å². The minimum atomic E-state index is -0.576. The van der Waals surface area contributed by atoms with Crippen LogP contribution in [-0.4, -0.2) is 32.7 Å². The van der Waals surface area contributed by atoms with E-state index in [1.54, 1.807) is 24.3 Å². The molecule has 4 aromatic rings. The number of hydrogen-bond acceptors (Lipinski definition) is 5. The summed E-state index contributed by atoms with van der Waals surface area (Å²) in [7, 11) is 0. The zero-order valence-corrected chi connectivity index (χ0v) is 17.2. The number of anilines is 1. The number of nitrogens with zero attached hydrogens (tertiary/aromatic N) is 3. The smallest absolute Gasteiger partial charge is 0.365 e. The highest BCUT2D eigenvalue weighted by molar-refractivity contribution is 6.32. The number of fused-ring (bicyclic) bond motifs is 1. The molecule has 10 heteroatoms. The van der Waals surface area contributed by atoms with Crippen LogP contribution in [0.15, 0.2) is 53.3 Å². The van der Waals surface area contributed by atoms with Crippen molar-refractivity contribution >= 4 is 45.6 Å². The molecule has 0 aliphatic rings. The predicted octanol–water partition coefficient (Wildman–Crippen LogP) is 4.07. The summed E-state index contributed by atoms with van der Waals surface area (Å²) in [5.41, 5.74) is 0.396. The van der Waals surface area contributed by atoms with E-state index in [9.17, 15) is 9.59 Å². The Hall–Kier alpha value is -3.36. The topological polar surface area (TPSA) is 102 Å². The lowest BCUT2D eigenvalue weighted by Crippen LogP contribution is -2.20. The van der Waals surface area contributed by atoms with Crippen LogP contribution in [0.5, 0.6) is 5.75 Å². The van der Waals surface area contributed by atoms with E-state index in [-0.39, 0.29) is 16.6 Å². The number of aromatic nitrogens is 4. The number of aromatic amines is 1. The third-order valence-corrected chi connectivity index (χ3v) is 4.89. The molecule has 0 atom stereocenters. The molecule has 1 amide bonds. The van der Waals surface area contributed by atoms with Gasteiger partial charge in [-0.3, -0.25) is 4.79 Å².